The molecule has 0 atom stereocenters. The average molecular weight is 271 g/mol. The van der Waals surface area contributed by atoms with Gasteiger partial charge in [-0.1, -0.05) is 78.9 Å². The Morgan fingerprint density at radius 2 is 1.28 bits per heavy atom. The van der Waals surface area contributed by atoms with E-state index < -0.39 is 10.0 Å². The van der Waals surface area contributed by atoms with E-state index in [-0.39, 0.29) is 0 Å². The van der Waals surface area contributed by atoms with Gasteiger partial charge in [0.25, 0.3) is 0 Å². The van der Waals surface area contributed by atoms with Crippen molar-refractivity contribution in [2.45, 2.75) is 96.3 Å². The summed E-state index contributed by atoms with van der Waals surface area (Å²) < 4.78 is 0. The first-order valence-corrected chi connectivity index (χ1v) is 9.51. The van der Waals surface area contributed by atoms with Crippen molar-refractivity contribution in [1.29, 1.82) is 0 Å². The molecule has 0 saturated heterocycles. The van der Waals surface area contributed by atoms with Crippen LogP contribution in [0.15, 0.2) is 0 Å². The molecule has 0 N–H and O–H groups in total. The molecular formula is C17H34S. The summed E-state index contributed by atoms with van der Waals surface area (Å²) in [6.45, 7) is 16.4. The van der Waals surface area contributed by atoms with Crippen molar-refractivity contribution in [2.75, 3.05) is 0 Å². The Bertz CT molecular complexity index is 243. The van der Waals surface area contributed by atoms with Gasteiger partial charge in [-0.15, -0.1) is 0 Å². The van der Waals surface area contributed by atoms with Crippen LogP contribution in [0.3, 0.4) is 0 Å². The third kappa shape index (κ3) is 4.88. The van der Waals surface area contributed by atoms with Crippen molar-refractivity contribution in [1.82, 2.24) is 0 Å². The van der Waals surface area contributed by atoms with Gasteiger partial charge in [-0.25, -0.2) is 0 Å². The van der Waals surface area contributed by atoms with Gasteiger partial charge in [-0.05, 0) is 22.2 Å². The lowest BCUT2D eigenvalue weighted by Gasteiger charge is -2.46. The minimum absolute atomic E-state index is 0.709. The van der Waals surface area contributed by atoms with Crippen LogP contribution in [-0.2, 0) is 0 Å². The Morgan fingerprint density at radius 3 is 1.67 bits per heavy atom. The molecule has 0 saturated carbocycles. The van der Waals surface area contributed by atoms with Gasteiger partial charge in [0.1, 0.15) is 0 Å². The number of rotatable bonds is 7. The molecule has 0 bridgehead atoms. The molecule has 0 heterocycles. The lowest BCUT2D eigenvalue weighted by molar-refractivity contribution is 0.680. The maximum absolute atomic E-state index is 3.74. The Balaban J connectivity index is 4.65. The molecule has 0 rings (SSSR count). The molecule has 0 fully saturated rings. The van der Waals surface area contributed by atoms with Gasteiger partial charge in [0, 0.05) is 6.42 Å². The summed E-state index contributed by atoms with van der Waals surface area (Å²) in [4.78, 5) is 0. The first kappa shape index (κ1) is 17.9. The minimum atomic E-state index is -0.800. The fraction of sp³-hybridized carbons (Fsp3) is 0.882. The van der Waals surface area contributed by atoms with Gasteiger partial charge in [0.15, 0.2) is 0 Å². The largest absolute Gasteiger partial charge is 0.170 e. The second-order valence-electron chi connectivity index (χ2n) is 6.00. The van der Waals surface area contributed by atoms with Crippen LogP contribution >= 0.6 is 10.0 Å². The van der Waals surface area contributed by atoms with E-state index in [1.54, 1.807) is 0 Å². The standard InChI is InChI=1S/C17H34S/c1-8-9-10-11-12-13-14-18(15(2)3,16(4)5)17(6)7/h15-17H,8-12H2,1-7H3. The van der Waals surface area contributed by atoms with Gasteiger partial charge < -0.3 is 0 Å². The summed E-state index contributed by atoms with van der Waals surface area (Å²) in [7, 11) is -0.800. The van der Waals surface area contributed by atoms with Crippen LogP contribution in [0.2, 0.25) is 0 Å². The molecule has 0 unspecified atom stereocenters. The van der Waals surface area contributed by atoms with E-state index >= 15 is 0 Å². The molecular weight excluding hydrogens is 236 g/mol. The third-order valence-corrected chi connectivity index (χ3v) is 8.92. The zero-order chi connectivity index (χ0) is 14.2. The van der Waals surface area contributed by atoms with Crippen LogP contribution in [0.25, 0.3) is 0 Å². The van der Waals surface area contributed by atoms with Crippen molar-refractivity contribution in [2.24, 2.45) is 0 Å². The summed E-state index contributed by atoms with van der Waals surface area (Å²) in [6.07, 6.45) is 6.40. The molecule has 0 radical (unpaired) electrons. The highest BCUT2D eigenvalue weighted by Gasteiger charge is 2.32. The summed E-state index contributed by atoms with van der Waals surface area (Å²) in [6, 6.07) is 0. The van der Waals surface area contributed by atoms with Crippen LogP contribution in [0.5, 0.6) is 0 Å². The topological polar surface area (TPSA) is 0 Å². The molecule has 0 aliphatic carbocycles. The Morgan fingerprint density at radius 1 is 0.778 bits per heavy atom. The zero-order valence-electron chi connectivity index (χ0n) is 13.7. The van der Waals surface area contributed by atoms with Crippen LogP contribution < -0.4 is 0 Å². The van der Waals surface area contributed by atoms with E-state index in [0.29, 0.717) is 15.7 Å². The van der Waals surface area contributed by atoms with Gasteiger partial charge in [0.2, 0.25) is 0 Å². The molecule has 0 aromatic rings. The lowest BCUT2D eigenvalue weighted by atomic mass is 10.2. The predicted octanol–water partition coefficient (Wildman–Crippen LogP) is 5.95. The molecule has 0 aromatic heterocycles. The van der Waals surface area contributed by atoms with E-state index in [2.05, 4.69) is 59.6 Å². The van der Waals surface area contributed by atoms with Crippen LogP contribution in [0, 0.1) is 11.2 Å². The highest BCUT2D eigenvalue weighted by molar-refractivity contribution is 8.38. The maximum atomic E-state index is 3.74. The number of unbranched alkanes of at least 4 members (excludes halogenated alkanes) is 4. The Labute approximate surface area is 118 Å². The highest BCUT2D eigenvalue weighted by atomic mass is 32.3. The molecule has 0 amide bonds. The van der Waals surface area contributed by atoms with E-state index in [1.165, 1.54) is 25.7 Å². The van der Waals surface area contributed by atoms with Crippen LogP contribution in [0.1, 0.15) is 80.6 Å². The molecule has 1 heteroatoms. The molecule has 0 nitrogen and oxygen atoms in total. The lowest BCUT2D eigenvalue weighted by Crippen LogP contribution is -2.27. The number of hydrogen-bond donors (Lipinski definition) is 0. The van der Waals surface area contributed by atoms with Crippen molar-refractivity contribution >= 4 is 10.0 Å². The first-order valence-electron chi connectivity index (χ1n) is 7.69. The Kier molecular flexibility index (Phi) is 8.87. The van der Waals surface area contributed by atoms with Crippen LogP contribution in [-0.4, -0.2) is 15.7 Å². The zero-order valence-corrected chi connectivity index (χ0v) is 14.5. The molecule has 18 heavy (non-hydrogen) atoms. The van der Waals surface area contributed by atoms with Crippen molar-refractivity contribution in [3.8, 4) is 11.2 Å². The summed E-state index contributed by atoms with van der Waals surface area (Å²) in [5.41, 5.74) is 0. The molecule has 108 valence electrons. The molecule has 0 spiro atoms. The summed E-state index contributed by atoms with van der Waals surface area (Å²) in [5, 5.41) is 5.87. The fourth-order valence-electron chi connectivity index (χ4n) is 2.80. The molecule has 0 aliphatic heterocycles. The SMILES string of the molecule is CCCCCCC#CS(C(C)C)(C(C)C)C(C)C. The summed E-state index contributed by atoms with van der Waals surface area (Å²) in [5.74, 6) is 3.52. The second-order valence-corrected chi connectivity index (χ2v) is 10.6. The monoisotopic (exact) mass is 270 g/mol. The predicted molar refractivity (Wildman–Crippen MR) is 89.5 cm³/mol. The molecule has 0 aliphatic rings. The highest BCUT2D eigenvalue weighted by Crippen LogP contribution is 2.59. The van der Waals surface area contributed by atoms with Crippen molar-refractivity contribution in [3.05, 3.63) is 0 Å². The van der Waals surface area contributed by atoms with Gasteiger partial charge >= 0.3 is 0 Å². The van der Waals surface area contributed by atoms with Crippen molar-refractivity contribution < 1.29 is 0 Å². The van der Waals surface area contributed by atoms with E-state index in [9.17, 15) is 0 Å². The molecule has 0 aromatic carbocycles. The van der Waals surface area contributed by atoms with E-state index in [0.717, 1.165) is 6.42 Å². The third-order valence-electron chi connectivity index (χ3n) is 3.74. The first-order chi connectivity index (χ1) is 8.39. The Hall–Kier alpha value is -0.0900. The van der Waals surface area contributed by atoms with E-state index in [1.807, 2.05) is 0 Å². The van der Waals surface area contributed by atoms with Gasteiger partial charge in [-0.3, -0.25) is 0 Å². The van der Waals surface area contributed by atoms with Crippen LogP contribution in [0.4, 0.5) is 0 Å². The average Bonchev–Trinajstić information content (AvgIpc) is 2.26. The minimum Gasteiger partial charge on any atom is -0.170 e. The smallest absolute Gasteiger partial charge is 0.00971 e. The number of hydrogen-bond acceptors (Lipinski definition) is 0. The quantitative estimate of drug-likeness (QED) is 0.396. The van der Waals surface area contributed by atoms with Gasteiger partial charge in [-0.2, -0.15) is 10.0 Å². The normalized spacial score (nSPS) is 13.0. The van der Waals surface area contributed by atoms with Crippen molar-refractivity contribution in [3.63, 3.8) is 0 Å². The maximum Gasteiger partial charge on any atom is 0.00971 e. The second kappa shape index (κ2) is 8.92. The van der Waals surface area contributed by atoms with E-state index in [4.69, 9.17) is 0 Å². The van der Waals surface area contributed by atoms with Gasteiger partial charge in [0.05, 0.1) is 0 Å². The fourth-order valence-corrected chi connectivity index (χ4v) is 7.13. The summed E-state index contributed by atoms with van der Waals surface area (Å²) >= 11 is 0.